The van der Waals surface area contributed by atoms with E-state index in [-0.39, 0.29) is 30.6 Å². The standard InChI is InChI=1S/C19H29N3O5/c1-6-12(4)18(26)13(5)20-19(27)17(11(2)3)21-14(23)9-10-22-15(24)7-8-16(22)25/h7-8,11-13,17H,6,9-10H2,1-5H3,(H,20,27)(H,21,23). The van der Waals surface area contributed by atoms with Crippen LogP contribution in [0.3, 0.4) is 0 Å². The van der Waals surface area contributed by atoms with E-state index in [1.807, 2.05) is 13.8 Å². The van der Waals surface area contributed by atoms with E-state index in [0.29, 0.717) is 6.42 Å². The molecule has 0 radical (unpaired) electrons. The summed E-state index contributed by atoms with van der Waals surface area (Å²) in [6.07, 6.45) is 2.89. The van der Waals surface area contributed by atoms with E-state index >= 15 is 0 Å². The van der Waals surface area contributed by atoms with E-state index < -0.39 is 35.7 Å². The molecule has 27 heavy (non-hydrogen) atoms. The Hall–Kier alpha value is -2.51. The van der Waals surface area contributed by atoms with Crippen molar-refractivity contribution in [2.24, 2.45) is 11.8 Å². The van der Waals surface area contributed by atoms with E-state index in [1.165, 1.54) is 0 Å². The maximum Gasteiger partial charge on any atom is 0.253 e. The molecule has 1 rings (SSSR count). The van der Waals surface area contributed by atoms with E-state index in [1.54, 1.807) is 20.8 Å². The van der Waals surface area contributed by atoms with Gasteiger partial charge in [0, 0.05) is 31.0 Å². The number of Topliss-reactive ketones (excluding diaryl/α,β-unsaturated/α-hetero) is 1. The van der Waals surface area contributed by atoms with Crippen LogP contribution in [0.15, 0.2) is 12.2 Å². The summed E-state index contributed by atoms with van der Waals surface area (Å²) < 4.78 is 0. The van der Waals surface area contributed by atoms with E-state index in [9.17, 15) is 24.0 Å². The minimum absolute atomic E-state index is 0.0498. The molecular formula is C19H29N3O5. The van der Waals surface area contributed by atoms with Crippen molar-refractivity contribution in [2.45, 2.75) is 59.5 Å². The molecule has 0 saturated carbocycles. The topological polar surface area (TPSA) is 113 Å². The average Bonchev–Trinajstić information content (AvgIpc) is 2.93. The molecule has 150 valence electrons. The van der Waals surface area contributed by atoms with Crippen molar-refractivity contribution >= 4 is 29.4 Å². The number of carbonyl (C=O) groups excluding carboxylic acids is 5. The van der Waals surface area contributed by atoms with Gasteiger partial charge in [-0.05, 0) is 19.3 Å². The number of amides is 4. The van der Waals surface area contributed by atoms with Crippen molar-refractivity contribution in [1.82, 2.24) is 15.5 Å². The zero-order valence-corrected chi connectivity index (χ0v) is 16.6. The van der Waals surface area contributed by atoms with Crippen molar-refractivity contribution in [2.75, 3.05) is 6.54 Å². The molecule has 4 amide bonds. The maximum atomic E-state index is 12.5. The van der Waals surface area contributed by atoms with Crippen molar-refractivity contribution in [3.8, 4) is 0 Å². The molecule has 2 N–H and O–H groups in total. The minimum atomic E-state index is -0.812. The number of imide groups is 1. The van der Waals surface area contributed by atoms with Crippen LogP contribution in [0.4, 0.5) is 0 Å². The first-order valence-electron chi connectivity index (χ1n) is 9.25. The first kappa shape index (κ1) is 22.5. The Bertz CT molecular complexity index is 623. The third-order valence-electron chi connectivity index (χ3n) is 4.61. The highest BCUT2D eigenvalue weighted by atomic mass is 16.2. The molecule has 1 aliphatic heterocycles. The van der Waals surface area contributed by atoms with Crippen LogP contribution in [0.25, 0.3) is 0 Å². The Kier molecular flexibility index (Phi) is 8.33. The van der Waals surface area contributed by atoms with Gasteiger partial charge in [-0.1, -0.05) is 27.7 Å². The van der Waals surface area contributed by atoms with Crippen molar-refractivity contribution < 1.29 is 24.0 Å². The summed E-state index contributed by atoms with van der Waals surface area (Å²) in [6, 6.07) is -1.45. The fraction of sp³-hybridized carbons (Fsp3) is 0.632. The van der Waals surface area contributed by atoms with Gasteiger partial charge in [0.25, 0.3) is 11.8 Å². The Labute approximate surface area is 159 Å². The van der Waals surface area contributed by atoms with E-state index in [2.05, 4.69) is 10.6 Å². The van der Waals surface area contributed by atoms with Crippen LogP contribution in [0, 0.1) is 11.8 Å². The van der Waals surface area contributed by atoms with Crippen molar-refractivity contribution in [1.29, 1.82) is 0 Å². The predicted octanol–water partition coefficient (Wildman–Crippen LogP) is 0.562. The highest BCUT2D eigenvalue weighted by molar-refractivity contribution is 6.13. The highest BCUT2D eigenvalue weighted by Gasteiger charge is 2.29. The number of carbonyl (C=O) groups is 5. The van der Waals surface area contributed by atoms with Gasteiger partial charge in [0.2, 0.25) is 11.8 Å². The number of nitrogens with one attached hydrogen (secondary N) is 2. The van der Waals surface area contributed by atoms with Gasteiger partial charge < -0.3 is 10.6 Å². The van der Waals surface area contributed by atoms with Crippen LogP contribution in [-0.4, -0.2) is 52.9 Å². The van der Waals surface area contributed by atoms with Gasteiger partial charge in [0.15, 0.2) is 5.78 Å². The van der Waals surface area contributed by atoms with Gasteiger partial charge in [0.1, 0.15) is 6.04 Å². The number of nitrogens with zero attached hydrogens (tertiary/aromatic N) is 1. The second-order valence-corrected chi connectivity index (χ2v) is 7.14. The summed E-state index contributed by atoms with van der Waals surface area (Å²) in [4.78, 5) is 60.8. The first-order chi connectivity index (χ1) is 12.6. The Morgan fingerprint density at radius 1 is 1.00 bits per heavy atom. The zero-order valence-electron chi connectivity index (χ0n) is 16.6. The molecule has 0 aromatic carbocycles. The molecule has 0 bridgehead atoms. The van der Waals surface area contributed by atoms with Gasteiger partial charge in [-0.3, -0.25) is 28.9 Å². The lowest BCUT2D eigenvalue weighted by molar-refractivity contribution is -0.137. The number of rotatable bonds is 10. The molecule has 8 nitrogen and oxygen atoms in total. The molecular weight excluding hydrogens is 350 g/mol. The van der Waals surface area contributed by atoms with Gasteiger partial charge in [-0.15, -0.1) is 0 Å². The minimum Gasteiger partial charge on any atom is -0.345 e. The summed E-state index contributed by atoms with van der Waals surface area (Å²) in [5, 5.41) is 5.29. The van der Waals surface area contributed by atoms with Crippen LogP contribution in [-0.2, 0) is 24.0 Å². The SMILES string of the molecule is CCC(C)C(=O)C(C)NC(=O)C(NC(=O)CCN1C(=O)C=CC1=O)C(C)C. The molecule has 0 saturated heterocycles. The summed E-state index contributed by atoms with van der Waals surface area (Å²) in [6.45, 7) is 8.85. The second-order valence-electron chi connectivity index (χ2n) is 7.14. The van der Waals surface area contributed by atoms with E-state index in [0.717, 1.165) is 17.1 Å². The molecule has 0 fully saturated rings. The van der Waals surface area contributed by atoms with Crippen LogP contribution in [0.1, 0.15) is 47.5 Å². The average molecular weight is 379 g/mol. The third kappa shape index (κ3) is 6.30. The Morgan fingerprint density at radius 2 is 1.56 bits per heavy atom. The Morgan fingerprint density at radius 3 is 2.04 bits per heavy atom. The Balaban J connectivity index is 2.60. The molecule has 3 unspecified atom stereocenters. The van der Waals surface area contributed by atoms with Gasteiger partial charge in [0.05, 0.1) is 6.04 Å². The molecule has 0 aromatic heterocycles. The molecule has 0 aromatic rings. The maximum absolute atomic E-state index is 12.5. The van der Waals surface area contributed by atoms with Gasteiger partial charge in [-0.25, -0.2) is 0 Å². The smallest absolute Gasteiger partial charge is 0.253 e. The number of ketones is 1. The van der Waals surface area contributed by atoms with E-state index in [4.69, 9.17) is 0 Å². The van der Waals surface area contributed by atoms with Gasteiger partial charge >= 0.3 is 0 Å². The molecule has 8 heteroatoms. The molecule has 1 heterocycles. The van der Waals surface area contributed by atoms with Crippen molar-refractivity contribution in [3.05, 3.63) is 12.2 Å². The third-order valence-corrected chi connectivity index (χ3v) is 4.61. The molecule has 0 spiro atoms. The summed E-state index contributed by atoms with van der Waals surface area (Å²) in [5.74, 6) is -2.20. The molecule has 1 aliphatic rings. The second kappa shape index (κ2) is 9.99. The van der Waals surface area contributed by atoms with Crippen molar-refractivity contribution in [3.63, 3.8) is 0 Å². The lowest BCUT2D eigenvalue weighted by Gasteiger charge is -2.25. The fourth-order valence-corrected chi connectivity index (χ4v) is 2.65. The quantitative estimate of drug-likeness (QED) is 0.539. The first-order valence-corrected chi connectivity index (χ1v) is 9.25. The fourth-order valence-electron chi connectivity index (χ4n) is 2.65. The predicted molar refractivity (Wildman–Crippen MR) is 99.3 cm³/mol. The van der Waals surface area contributed by atoms with Crippen LogP contribution in [0.5, 0.6) is 0 Å². The summed E-state index contributed by atoms with van der Waals surface area (Å²) in [5.41, 5.74) is 0. The lowest BCUT2D eigenvalue weighted by Crippen LogP contribution is -2.53. The van der Waals surface area contributed by atoms with Crippen LogP contribution in [0.2, 0.25) is 0 Å². The monoisotopic (exact) mass is 379 g/mol. The lowest BCUT2D eigenvalue weighted by atomic mass is 9.97. The van der Waals surface area contributed by atoms with Crippen LogP contribution < -0.4 is 10.6 Å². The molecule has 0 aliphatic carbocycles. The zero-order chi connectivity index (χ0) is 20.7. The summed E-state index contributed by atoms with van der Waals surface area (Å²) in [7, 11) is 0. The van der Waals surface area contributed by atoms with Gasteiger partial charge in [-0.2, -0.15) is 0 Å². The number of hydrogen-bond donors (Lipinski definition) is 2. The normalized spacial score (nSPS) is 17.0. The highest BCUT2D eigenvalue weighted by Crippen LogP contribution is 2.08. The van der Waals surface area contributed by atoms with Crippen LogP contribution >= 0.6 is 0 Å². The molecule has 3 atom stereocenters. The summed E-state index contributed by atoms with van der Waals surface area (Å²) >= 11 is 0. The number of hydrogen-bond acceptors (Lipinski definition) is 5. The largest absolute Gasteiger partial charge is 0.345 e.